The highest BCUT2D eigenvalue weighted by Crippen LogP contribution is 2.22. The number of hydrogen-bond acceptors (Lipinski definition) is 5. The van der Waals surface area contributed by atoms with Gasteiger partial charge in [-0.3, -0.25) is 9.52 Å². The van der Waals surface area contributed by atoms with Crippen molar-refractivity contribution in [3.63, 3.8) is 0 Å². The molecule has 1 aromatic heterocycles. The SMILES string of the molecule is NCC1CCN(C(=O)c2cccc(NS(=O)(=O)c3cccs3)c2)C1. The molecule has 3 N–H and O–H groups in total. The van der Waals surface area contributed by atoms with Gasteiger partial charge < -0.3 is 10.6 Å². The molecule has 2 heterocycles. The molecule has 128 valence electrons. The third-order valence-corrected chi connectivity index (χ3v) is 6.81. The first-order valence-electron chi connectivity index (χ1n) is 7.65. The zero-order chi connectivity index (χ0) is 17.2. The van der Waals surface area contributed by atoms with Crippen LogP contribution in [0.25, 0.3) is 0 Å². The van der Waals surface area contributed by atoms with Crippen LogP contribution < -0.4 is 10.5 Å². The number of anilines is 1. The van der Waals surface area contributed by atoms with Gasteiger partial charge in [-0.05, 0) is 48.5 Å². The van der Waals surface area contributed by atoms with Crippen molar-refractivity contribution in [3.05, 3.63) is 47.3 Å². The Hall–Kier alpha value is -1.90. The Kier molecular flexibility index (Phi) is 4.88. The quantitative estimate of drug-likeness (QED) is 0.847. The van der Waals surface area contributed by atoms with Gasteiger partial charge in [-0.1, -0.05) is 12.1 Å². The molecule has 1 saturated heterocycles. The number of hydrogen-bond donors (Lipinski definition) is 2. The van der Waals surface area contributed by atoms with Crippen LogP contribution in [-0.2, 0) is 10.0 Å². The molecule has 1 atom stereocenters. The van der Waals surface area contributed by atoms with Crippen LogP contribution in [0, 0.1) is 5.92 Å². The summed E-state index contributed by atoms with van der Waals surface area (Å²) in [5.74, 6) is 0.248. The van der Waals surface area contributed by atoms with Crippen molar-refractivity contribution in [2.75, 3.05) is 24.4 Å². The fourth-order valence-electron chi connectivity index (χ4n) is 2.73. The minimum atomic E-state index is -3.62. The Morgan fingerprint density at radius 1 is 1.33 bits per heavy atom. The van der Waals surface area contributed by atoms with Gasteiger partial charge in [0.1, 0.15) is 4.21 Å². The van der Waals surface area contributed by atoms with Crippen molar-refractivity contribution in [2.24, 2.45) is 11.7 Å². The number of thiophene rings is 1. The molecule has 8 heteroatoms. The lowest BCUT2D eigenvalue weighted by Gasteiger charge is -2.17. The predicted octanol–water partition coefficient (Wildman–Crippen LogP) is 1.97. The maximum Gasteiger partial charge on any atom is 0.271 e. The van der Waals surface area contributed by atoms with Crippen molar-refractivity contribution >= 4 is 33.0 Å². The van der Waals surface area contributed by atoms with Crippen LogP contribution in [0.4, 0.5) is 5.69 Å². The van der Waals surface area contributed by atoms with Crippen LogP contribution in [0.15, 0.2) is 46.0 Å². The molecule has 0 saturated carbocycles. The minimum Gasteiger partial charge on any atom is -0.338 e. The van der Waals surface area contributed by atoms with Gasteiger partial charge in [-0.25, -0.2) is 8.42 Å². The second kappa shape index (κ2) is 6.92. The molecule has 24 heavy (non-hydrogen) atoms. The number of nitrogens with one attached hydrogen (secondary N) is 1. The van der Waals surface area contributed by atoms with Crippen LogP contribution in [0.1, 0.15) is 16.8 Å². The number of sulfonamides is 1. The molecule has 1 unspecified atom stereocenters. The zero-order valence-corrected chi connectivity index (χ0v) is 14.6. The number of carbonyl (C=O) groups excluding carboxylic acids is 1. The summed E-state index contributed by atoms with van der Waals surface area (Å²) in [4.78, 5) is 14.3. The van der Waals surface area contributed by atoms with E-state index in [-0.39, 0.29) is 10.1 Å². The molecule has 3 rings (SSSR count). The maximum absolute atomic E-state index is 12.6. The first-order chi connectivity index (χ1) is 11.5. The van der Waals surface area contributed by atoms with Crippen molar-refractivity contribution in [3.8, 4) is 0 Å². The van der Waals surface area contributed by atoms with E-state index in [0.29, 0.717) is 36.8 Å². The van der Waals surface area contributed by atoms with E-state index >= 15 is 0 Å². The number of carbonyl (C=O) groups is 1. The van der Waals surface area contributed by atoms with Gasteiger partial charge in [0.25, 0.3) is 15.9 Å². The molecule has 1 fully saturated rings. The Labute approximate surface area is 145 Å². The van der Waals surface area contributed by atoms with Gasteiger partial charge in [-0.15, -0.1) is 11.3 Å². The summed E-state index contributed by atoms with van der Waals surface area (Å²) in [6, 6.07) is 9.80. The summed E-state index contributed by atoms with van der Waals surface area (Å²) in [6.07, 6.45) is 0.910. The minimum absolute atomic E-state index is 0.0943. The summed E-state index contributed by atoms with van der Waals surface area (Å²) in [7, 11) is -3.62. The van der Waals surface area contributed by atoms with E-state index in [0.717, 1.165) is 17.8 Å². The van der Waals surface area contributed by atoms with Crippen molar-refractivity contribution in [1.29, 1.82) is 0 Å². The Bertz CT molecular complexity index is 819. The van der Waals surface area contributed by atoms with Crippen LogP contribution in [0.3, 0.4) is 0 Å². The third kappa shape index (κ3) is 3.61. The number of benzene rings is 1. The molecular formula is C16H19N3O3S2. The largest absolute Gasteiger partial charge is 0.338 e. The van der Waals surface area contributed by atoms with E-state index in [1.807, 2.05) is 0 Å². The monoisotopic (exact) mass is 365 g/mol. The zero-order valence-electron chi connectivity index (χ0n) is 13.0. The molecule has 0 aliphatic carbocycles. The summed E-state index contributed by atoms with van der Waals surface area (Å²) in [6.45, 7) is 1.91. The molecule has 0 bridgehead atoms. The fraction of sp³-hybridized carbons (Fsp3) is 0.312. The third-order valence-electron chi connectivity index (χ3n) is 4.03. The lowest BCUT2D eigenvalue weighted by atomic mass is 10.1. The highest BCUT2D eigenvalue weighted by molar-refractivity contribution is 7.94. The highest BCUT2D eigenvalue weighted by Gasteiger charge is 2.26. The normalized spacial score (nSPS) is 17.9. The Balaban J connectivity index is 1.76. The van der Waals surface area contributed by atoms with Crippen molar-refractivity contribution in [1.82, 2.24) is 4.90 Å². The van der Waals surface area contributed by atoms with E-state index in [4.69, 9.17) is 5.73 Å². The smallest absolute Gasteiger partial charge is 0.271 e. The van der Waals surface area contributed by atoms with Gasteiger partial charge in [0.2, 0.25) is 0 Å². The number of likely N-dealkylation sites (tertiary alicyclic amines) is 1. The molecule has 0 radical (unpaired) electrons. The van der Waals surface area contributed by atoms with Gasteiger partial charge in [0, 0.05) is 24.3 Å². The van der Waals surface area contributed by atoms with Gasteiger partial charge in [0.05, 0.1) is 0 Å². The highest BCUT2D eigenvalue weighted by atomic mass is 32.2. The molecule has 1 aliphatic heterocycles. The lowest BCUT2D eigenvalue weighted by Crippen LogP contribution is -2.29. The molecule has 0 spiro atoms. The van der Waals surface area contributed by atoms with E-state index in [2.05, 4.69) is 4.72 Å². The van der Waals surface area contributed by atoms with Crippen molar-refractivity contribution in [2.45, 2.75) is 10.6 Å². The van der Waals surface area contributed by atoms with Crippen LogP contribution in [0.2, 0.25) is 0 Å². The van der Waals surface area contributed by atoms with Gasteiger partial charge in [-0.2, -0.15) is 0 Å². The molecule has 6 nitrogen and oxygen atoms in total. The standard InChI is InChI=1S/C16H19N3O3S2/c17-10-12-6-7-19(11-12)16(20)13-3-1-4-14(9-13)18-24(21,22)15-5-2-8-23-15/h1-5,8-9,12,18H,6-7,10-11,17H2. The summed E-state index contributed by atoms with van der Waals surface area (Å²) < 4.78 is 27.3. The van der Waals surface area contributed by atoms with E-state index in [1.165, 1.54) is 0 Å². The van der Waals surface area contributed by atoms with E-state index < -0.39 is 10.0 Å². The van der Waals surface area contributed by atoms with E-state index in [9.17, 15) is 13.2 Å². The van der Waals surface area contributed by atoms with Crippen LogP contribution in [-0.4, -0.2) is 38.9 Å². The first kappa shape index (κ1) is 16.9. The molecule has 1 aromatic carbocycles. The molecular weight excluding hydrogens is 346 g/mol. The molecule has 1 aliphatic rings. The predicted molar refractivity (Wildman–Crippen MR) is 94.6 cm³/mol. The second-order valence-corrected chi connectivity index (χ2v) is 8.62. The number of nitrogens with zero attached hydrogens (tertiary/aromatic N) is 1. The fourth-order valence-corrected chi connectivity index (χ4v) is 4.77. The van der Waals surface area contributed by atoms with Crippen LogP contribution in [0.5, 0.6) is 0 Å². The van der Waals surface area contributed by atoms with Crippen molar-refractivity contribution < 1.29 is 13.2 Å². The average Bonchev–Trinajstić information content (AvgIpc) is 3.25. The summed E-state index contributed by atoms with van der Waals surface area (Å²) in [5, 5.41) is 1.70. The number of amides is 1. The van der Waals surface area contributed by atoms with Gasteiger partial charge >= 0.3 is 0 Å². The Morgan fingerprint density at radius 2 is 2.17 bits per heavy atom. The summed E-state index contributed by atoms with van der Waals surface area (Å²) >= 11 is 1.15. The molecule has 1 amide bonds. The van der Waals surface area contributed by atoms with E-state index in [1.54, 1.807) is 46.7 Å². The number of rotatable bonds is 5. The first-order valence-corrected chi connectivity index (χ1v) is 10.0. The average molecular weight is 365 g/mol. The Morgan fingerprint density at radius 3 is 2.83 bits per heavy atom. The molecule has 2 aromatic rings. The van der Waals surface area contributed by atoms with Crippen LogP contribution >= 0.6 is 11.3 Å². The lowest BCUT2D eigenvalue weighted by molar-refractivity contribution is 0.0787. The van der Waals surface area contributed by atoms with Gasteiger partial charge in [0.15, 0.2) is 0 Å². The topological polar surface area (TPSA) is 92.5 Å². The second-order valence-electron chi connectivity index (χ2n) is 5.76. The number of nitrogens with two attached hydrogens (primary N) is 1. The summed E-state index contributed by atoms with van der Waals surface area (Å²) in [5.41, 5.74) is 6.51. The maximum atomic E-state index is 12.6.